The van der Waals surface area contributed by atoms with Gasteiger partial charge in [0.2, 0.25) is 0 Å². The Morgan fingerprint density at radius 3 is 2.23 bits per heavy atom. The second-order valence-corrected chi connectivity index (χ2v) is 7.21. The van der Waals surface area contributed by atoms with Crippen molar-refractivity contribution < 1.29 is 19.1 Å². The third-order valence-corrected chi connectivity index (χ3v) is 4.63. The van der Waals surface area contributed by atoms with Crippen molar-refractivity contribution in [1.29, 1.82) is 0 Å². The molecule has 0 saturated heterocycles. The average Bonchev–Trinajstić information content (AvgIpc) is 2.78. The monoisotopic (exact) mass is 438 g/mol. The quantitative estimate of drug-likeness (QED) is 0.511. The number of carbonyl (C=O) groups is 2. The van der Waals surface area contributed by atoms with Gasteiger partial charge in [0, 0.05) is 5.02 Å². The molecule has 3 aromatic rings. The van der Waals surface area contributed by atoms with Gasteiger partial charge in [-0.1, -0.05) is 54.1 Å². The van der Waals surface area contributed by atoms with Crippen LogP contribution in [0.1, 0.15) is 18.5 Å². The number of ether oxygens (including phenoxy) is 2. The zero-order chi connectivity index (χ0) is 22.1. The molecule has 1 atom stereocenters. The van der Waals surface area contributed by atoms with Crippen LogP contribution in [-0.4, -0.2) is 25.0 Å². The molecule has 1 unspecified atom stereocenters. The molecule has 0 aliphatic carbocycles. The average molecular weight is 439 g/mol. The molecular weight excluding hydrogens is 416 g/mol. The van der Waals surface area contributed by atoms with Gasteiger partial charge in [0.15, 0.2) is 13.2 Å². The zero-order valence-corrected chi connectivity index (χ0v) is 17.8. The SMILES string of the molecule is CC(NC(=O)COc1ccccc1NC(=O)COc1ccccc1)c1ccc(Cl)cc1. The summed E-state index contributed by atoms with van der Waals surface area (Å²) in [5.41, 5.74) is 1.39. The van der Waals surface area contributed by atoms with E-state index in [1.807, 2.05) is 37.3 Å². The van der Waals surface area contributed by atoms with Crippen molar-refractivity contribution in [3.8, 4) is 11.5 Å². The fourth-order valence-electron chi connectivity index (χ4n) is 2.81. The normalized spacial score (nSPS) is 11.3. The highest BCUT2D eigenvalue weighted by molar-refractivity contribution is 6.30. The van der Waals surface area contributed by atoms with Gasteiger partial charge < -0.3 is 20.1 Å². The van der Waals surface area contributed by atoms with E-state index in [-0.39, 0.29) is 31.1 Å². The van der Waals surface area contributed by atoms with Crippen LogP contribution in [0.4, 0.5) is 5.69 Å². The van der Waals surface area contributed by atoms with E-state index in [0.29, 0.717) is 22.2 Å². The smallest absolute Gasteiger partial charge is 0.262 e. The molecule has 0 aliphatic heterocycles. The first kappa shape index (κ1) is 22.2. The predicted molar refractivity (Wildman–Crippen MR) is 121 cm³/mol. The summed E-state index contributed by atoms with van der Waals surface area (Å²) in [6.45, 7) is 1.55. The van der Waals surface area contributed by atoms with Crippen molar-refractivity contribution in [1.82, 2.24) is 5.32 Å². The zero-order valence-electron chi connectivity index (χ0n) is 17.0. The third-order valence-electron chi connectivity index (χ3n) is 4.38. The van der Waals surface area contributed by atoms with Gasteiger partial charge >= 0.3 is 0 Å². The van der Waals surface area contributed by atoms with E-state index in [1.54, 1.807) is 48.5 Å². The summed E-state index contributed by atoms with van der Waals surface area (Å²) in [6, 6.07) is 23.0. The first-order valence-corrected chi connectivity index (χ1v) is 10.1. The molecule has 0 radical (unpaired) electrons. The second kappa shape index (κ2) is 11.0. The minimum absolute atomic E-state index is 0.141. The van der Waals surface area contributed by atoms with Crippen LogP contribution in [-0.2, 0) is 9.59 Å². The number of para-hydroxylation sites is 3. The van der Waals surface area contributed by atoms with E-state index in [0.717, 1.165) is 5.56 Å². The van der Waals surface area contributed by atoms with Crippen molar-refractivity contribution in [3.63, 3.8) is 0 Å². The number of nitrogens with one attached hydrogen (secondary N) is 2. The third kappa shape index (κ3) is 7.04. The number of hydrogen-bond acceptors (Lipinski definition) is 4. The molecule has 0 aromatic heterocycles. The number of benzene rings is 3. The number of anilines is 1. The van der Waals surface area contributed by atoms with Crippen LogP contribution in [0, 0.1) is 0 Å². The molecule has 3 rings (SSSR count). The number of amides is 2. The standard InChI is InChI=1S/C24H23ClN2O4/c1-17(18-11-13-19(25)14-12-18)26-23(28)16-31-22-10-6-5-9-21(22)27-24(29)15-30-20-7-3-2-4-8-20/h2-14,17H,15-16H2,1H3,(H,26,28)(H,27,29). The van der Waals surface area contributed by atoms with Gasteiger partial charge in [0.25, 0.3) is 11.8 Å². The number of carbonyl (C=O) groups excluding carboxylic acids is 2. The Bertz CT molecular complexity index is 1010. The lowest BCUT2D eigenvalue weighted by Gasteiger charge is -2.16. The van der Waals surface area contributed by atoms with Crippen LogP contribution in [0.25, 0.3) is 0 Å². The number of rotatable bonds is 9. The molecule has 0 bridgehead atoms. The maximum atomic E-state index is 12.3. The lowest BCUT2D eigenvalue weighted by atomic mass is 10.1. The summed E-state index contributed by atoms with van der Waals surface area (Å²) in [5, 5.41) is 6.25. The van der Waals surface area contributed by atoms with Crippen molar-refractivity contribution in [2.24, 2.45) is 0 Å². The molecule has 2 amide bonds. The summed E-state index contributed by atoms with van der Waals surface area (Å²) in [6.07, 6.45) is 0. The van der Waals surface area contributed by atoms with Crippen LogP contribution in [0.15, 0.2) is 78.9 Å². The van der Waals surface area contributed by atoms with Crippen molar-refractivity contribution in [3.05, 3.63) is 89.4 Å². The van der Waals surface area contributed by atoms with Crippen molar-refractivity contribution in [2.45, 2.75) is 13.0 Å². The Balaban J connectivity index is 1.50. The number of halogens is 1. The maximum absolute atomic E-state index is 12.3. The van der Waals surface area contributed by atoms with Crippen molar-refractivity contribution >= 4 is 29.1 Å². The highest BCUT2D eigenvalue weighted by atomic mass is 35.5. The van der Waals surface area contributed by atoms with Gasteiger partial charge in [-0.2, -0.15) is 0 Å². The maximum Gasteiger partial charge on any atom is 0.262 e. The van der Waals surface area contributed by atoms with E-state index in [9.17, 15) is 9.59 Å². The number of hydrogen-bond donors (Lipinski definition) is 2. The lowest BCUT2D eigenvalue weighted by molar-refractivity contribution is -0.123. The summed E-state index contributed by atoms with van der Waals surface area (Å²) < 4.78 is 11.1. The molecule has 31 heavy (non-hydrogen) atoms. The molecule has 0 saturated carbocycles. The minimum Gasteiger partial charge on any atom is -0.484 e. The Labute approximate surface area is 186 Å². The molecule has 0 aliphatic rings. The van der Waals surface area contributed by atoms with Crippen LogP contribution in [0.3, 0.4) is 0 Å². The Morgan fingerprint density at radius 2 is 1.48 bits per heavy atom. The van der Waals surface area contributed by atoms with Crippen molar-refractivity contribution in [2.75, 3.05) is 18.5 Å². The molecular formula is C24H23ClN2O4. The molecule has 160 valence electrons. The molecule has 6 nitrogen and oxygen atoms in total. The lowest BCUT2D eigenvalue weighted by Crippen LogP contribution is -2.31. The van der Waals surface area contributed by atoms with Gasteiger partial charge in [-0.25, -0.2) is 0 Å². The first-order valence-electron chi connectivity index (χ1n) is 9.75. The summed E-state index contributed by atoms with van der Waals surface area (Å²) >= 11 is 5.90. The molecule has 0 fully saturated rings. The van der Waals surface area contributed by atoms with Crippen LogP contribution >= 0.6 is 11.6 Å². The highest BCUT2D eigenvalue weighted by Crippen LogP contribution is 2.24. The van der Waals surface area contributed by atoms with E-state index >= 15 is 0 Å². The summed E-state index contributed by atoms with van der Waals surface area (Å²) in [4.78, 5) is 24.5. The van der Waals surface area contributed by atoms with E-state index in [2.05, 4.69) is 10.6 Å². The molecule has 0 heterocycles. The fraction of sp³-hybridized carbons (Fsp3) is 0.167. The highest BCUT2D eigenvalue weighted by Gasteiger charge is 2.13. The van der Waals surface area contributed by atoms with E-state index < -0.39 is 0 Å². The second-order valence-electron chi connectivity index (χ2n) is 6.78. The van der Waals surface area contributed by atoms with Gasteiger partial charge in [0.05, 0.1) is 11.7 Å². The Hall–Kier alpha value is -3.51. The molecule has 3 aromatic carbocycles. The van der Waals surface area contributed by atoms with Crippen LogP contribution in [0.5, 0.6) is 11.5 Å². The predicted octanol–water partition coefficient (Wildman–Crippen LogP) is 4.61. The van der Waals surface area contributed by atoms with E-state index in [1.165, 1.54) is 0 Å². The van der Waals surface area contributed by atoms with Gasteiger partial charge in [-0.05, 0) is 48.9 Å². The largest absolute Gasteiger partial charge is 0.484 e. The Kier molecular flexibility index (Phi) is 7.90. The fourth-order valence-corrected chi connectivity index (χ4v) is 2.93. The topological polar surface area (TPSA) is 76.7 Å². The molecule has 0 spiro atoms. The van der Waals surface area contributed by atoms with E-state index in [4.69, 9.17) is 21.1 Å². The van der Waals surface area contributed by atoms with Crippen LogP contribution in [0.2, 0.25) is 5.02 Å². The summed E-state index contributed by atoms with van der Waals surface area (Å²) in [7, 11) is 0. The van der Waals surface area contributed by atoms with Gasteiger partial charge in [0.1, 0.15) is 11.5 Å². The van der Waals surface area contributed by atoms with Gasteiger partial charge in [-0.15, -0.1) is 0 Å². The molecule has 7 heteroatoms. The Morgan fingerprint density at radius 1 is 0.839 bits per heavy atom. The van der Waals surface area contributed by atoms with Gasteiger partial charge in [-0.3, -0.25) is 9.59 Å². The van der Waals surface area contributed by atoms with Crippen LogP contribution < -0.4 is 20.1 Å². The minimum atomic E-state index is -0.333. The summed E-state index contributed by atoms with van der Waals surface area (Å²) in [5.74, 6) is 0.384. The first-order chi connectivity index (χ1) is 15.0. The molecule has 2 N–H and O–H groups in total.